The van der Waals surface area contributed by atoms with Gasteiger partial charge in [-0.3, -0.25) is 9.59 Å². The summed E-state index contributed by atoms with van der Waals surface area (Å²) in [5, 5.41) is 8.54. The van der Waals surface area contributed by atoms with E-state index in [1.165, 1.54) is 0 Å². The highest BCUT2D eigenvalue weighted by molar-refractivity contribution is 5.77. The van der Waals surface area contributed by atoms with Gasteiger partial charge in [-0.1, -0.05) is 0 Å². The number of unbranched alkanes of at least 4 members (excludes halogenated alkanes) is 1. The monoisotopic (exact) mass is 314 g/mol. The van der Waals surface area contributed by atoms with E-state index in [2.05, 4.69) is 0 Å². The first-order valence-corrected chi connectivity index (χ1v) is 7.66. The van der Waals surface area contributed by atoms with E-state index >= 15 is 0 Å². The van der Waals surface area contributed by atoms with Crippen molar-refractivity contribution in [3.8, 4) is 0 Å². The van der Waals surface area contributed by atoms with Crippen molar-refractivity contribution in [3.63, 3.8) is 0 Å². The van der Waals surface area contributed by atoms with Crippen molar-refractivity contribution in [1.82, 2.24) is 9.80 Å². The van der Waals surface area contributed by atoms with Gasteiger partial charge in [0.25, 0.3) is 0 Å². The summed E-state index contributed by atoms with van der Waals surface area (Å²) in [6, 6.07) is 0. The predicted octanol–water partition coefficient (Wildman–Crippen LogP) is 1.71. The highest BCUT2D eigenvalue weighted by Gasteiger charge is 2.27. The number of piperazine rings is 1. The fraction of sp³-hybridized carbons (Fsp3) is 0.800. The summed E-state index contributed by atoms with van der Waals surface area (Å²) in [6.45, 7) is 7.39. The number of carboxylic acids is 1. The summed E-state index contributed by atoms with van der Waals surface area (Å²) in [5.74, 6) is -0.812. The van der Waals surface area contributed by atoms with Gasteiger partial charge in [-0.25, -0.2) is 4.79 Å². The van der Waals surface area contributed by atoms with E-state index in [0.717, 1.165) is 0 Å². The number of carboxylic acid groups (broad SMARTS) is 1. The van der Waals surface area contributed by atoms with Crippen molar-refractivity contribution >= 4 is 18.0 Å². The van der Waals surface area contributed by atoms with E-state index in [0.29, 0.717) is 45.4 Å². The van der Waals surface area contributed by atoms with E-state index in [-0.39, 0.29) is 18.4 Å². The Morgan fingerprint density at radius 1 is 0.955 bits per heavy atom. The van der Waals surface area contributed by atoms with Crippen LogP contribution in [0.5, 0.6) is 0 Å². The van der Waals surface area contributed by atoms with Crippen LogP contribution in [0.4, 0.5) is 4.79 Å². The van der Waals surface area contributed by atoms with Gasteiger partial charge in [0.05, 0.1) is 0 Å². The standard InChI is InChI=1S/C15H26N2O5/c1-15(2,3)22-14(21)17-10-8-16(9-11-17)12(18)6-4-5-7-13(19)20/h4-11H2,1-3H3,(H,19,20). The Labute approximate surface area is 131 Å². The maximum absolute atomic E-state index is 12.0. The molecule has 126 valence electrons. The minimum Gasteiger partial charge on any atom is -0.481 e. The summed E-state index contributed by atoms with van der Waals surface area (Å²) in [6.07, 6.45) is 1.21. The third kappa shape index (κ3) is 6.78. The number of hydrogen-bond acceptors (Lipinski definition) is 4. The Kier molecular flexibility index (Phi) is 6.64. The van der Waals surface area contributed by atoms with E-state index in [9.17, 15) is 14.4 Å². The lowest BCUT2D eigenvalue weighted by atomic mass is 10.1. The van der Waals surface area contributed by atoms with Crippen LogP contribution in [0.15, 0.2) is 0 Å². The first kappa shape index (κ1) is 18.3. The molecule has 0 aliphatic carbocycles. The smallest absolute Gasteiger partial charge is 0.410 e. The van der Waals surface area contributed by atoms with E-state index in [1.54, 1.807) is 9.80 Å². The molecule has 2 amide bonds. The lowest BCUT2D eigenvalue weighted by Gasteiger charge is -2.35. The predicted molar refractivity (Wildman–Crippen MR) is 80.5 cm³/mol. The van der Waals surface area contributed by atoms with Crippen LogP contribution in [-0.4, -0.2) is 64.7 Å². The molecule has 0 bridgehead atoms. The van der Waals surface area contributed by atoms with Crippen LogP contribution < -0.4 is 0 Å². The van der Waals surface area contributed by atoms with Gasteiger partial charge in [0.1, 0.15) is 5.60 Å². The fourth-order valence-electron chi connectivity index (χ4n) is 2.18. The molecule has 7 nitrogen and oxygen atoms in total. The Bertz CT molecular complexity index is 409. The molecule has 1 rings (SSSR count). The number of carbonyl (C=O) groups excluding carboxylic acids is 2. The zero-order valence-electron chi connectivity index (χ0n) is 13.6. The fourth-order valence-corrected chi connectivity index (χ4v) is 2.18. The van der Waals surface area contributed by atoms with Gasteiger partial charge in [0.15, 0.2) is 0 Å². The average molecular weight is 314 g/mol. The normalized spacial score (nSPS) is 15.6. The highest BCUT2D eigenvalue weighted by Crippen LogP contribution is 2.13. The summed E-state index contributed by atoms with van der Waals surface area (Å²) in [4.78, 5) is 37.6. The SMILES string of the molecule is CC(C)(C)OC(=O)N1CCN(C(=O)CCCCC(=O)O)CC1. The number of hydrogen-bond donors (Lipinski definition) is 1. The topological polar surface area (TPSA) is 87.2 Å². The van der Waals surface area contributed by atoms with Crippen LogP contribution >= 0.6 is 0 Å². The number of aliphatic carboxylic acids is 1. The molecule has 0 aromatic carbocycles. The largest absolute Gasteiger partial charge is 0.481 e. The van der Waals surface area contributed by atoms with Crippen molar-refractivity contribution in [1.29, 1.82) is 0 Å². The minimum atomic E-state index is -0.835. The molecule has 0 radical (unpaired) electrons. The zero-order valence-corrected chi connectivity index (χ0v) is 13.6. The van der Waals surface area contributed by atoms with Crippen LogP contribution in [0.25, 0.3) is 0 Å². The Morgan fingerprint density at radius 3 is 1.95 bits per heavy atom. The maximum Gasteiger partial charge on any atom is 0.410 e. The van der Waals surface area contributed by atoms with Crippen molar-refractivity contribution in [2.45, 2.75) is 52.1 Å². The van der Waals surface area contributed by atoms with Gasteiger partial charge < -0.3 is 19.6 Å². The van der Waals surface area contributed by atoms with Crippen LogP contribution in [0.1, 0.15) is 46.5 Å². The van der Waals surface area contributed by atoms with Crippen molar-refractivity contribution in [2.24, 2.45) is 0 Å². The Morgan fingerprint density at radius 2 is 1.45 bits per heavy atom. The number of nitrogens with zero attached hydrogens (tertiary/aromatic N) is 2. The lowest BCUT2D eigenvalue weighted by molar-refractivity contribution is -0.137. The van der Waals surface area contributed by atoms with E-state index in [4.69, 9.17) is 9.84 Å². The molecule has 1 aliphatic heterocycles. The van der Waals surface area contributed by atoms with Crippen molar-refractivity contribution < 1.29 is 24.2 Å². The van der Waals surface area contributed by atoms with Gasteiger partial charge in [-0.05, 0) is 33.6 Å². The molecule has 0 saturated carbocycles. The van der Waals surface area contributed by atoms with Crippen LogP contribution in [0.3, 0.4) is 0 Å². The van der Waals surface area contributed by atoms with Crippen LogP contribution in [0.2, 0.25) is 0 Å². The molecule has 0 aromatic rings. The molecule has 1 saturated heterocycles. The lowest BCUT2D eigenvalue weighted by Crippen LogP contribution is -2.51. The molecule has 0 aromatic heterocycles. The van der Waals surface area contributed by atoms with Crippen molar-refractivity contribution in [3.05, 3.63) is 0 Å². The molecule has 7 heteroatoms. The third-order valence-corrected chi connectivity index (χ3v) is 3.32. The number of amides is 2. The summed E-state index contributed by atoms with van der Waals surface area (Å²) >= 11 is 0. The van der Waals surface area contributed by atoms with Crippen molar-refractivity contribution in [2.75, 3.05) is 26.2 Å². The third-order valence-electron chi connectivity index (χ3n) is 3.32. The summed E-state index contributed by atoms with van der Waals surface area (Å²) < 4.78 is 5.30. The average Bonchev–Trinajstić information content (AvgIpc) is 2.41. The zero-order chi connectivity index (χ0) is 16.8. The second kappa shape index (κ2) is 8.00. The van der Waals surface area contributed by atoms with Crippen LogP contribution in [-0.2, 0) is 14.3 Å². The number of rotatable bonds is 5. The molecule has 22 heavy (non-hydrogen) atoms. The molecular formula is C15H26N2O5. The summed E-state index contributed by atoms with van der Waals surface area (Å²) in [5.41, 5.74) is -0.520. The second-order valence-corrected chi connectivity index (χ2v) is 6.45. The van der Waals surface area contributed by atoms with E-state index in [1.807, 2.05) is 20.8 Å². The molecular weight excluding hydrogens is 288 g/mol. The van der Waals surface area contributed by atoms with Gasteiger partial charge >= 0.3 is 12.1 Å². The number of ether oxygens (including phenoxy) is 1. The molecule has 1 fully saturated rings. The molecule has 0 atom stereocenters. The molecule has 1 heterocycles. The number of carbonyl (C=O) groups is 3. The van der Waals surface area contributed by atoms with Gasteiger partial charge in [0, 0.05) is 39.0 Å². The molecule has 0 spiro atoms. The van der Waals surface area contributed by atoms with Gasteiger partial charge in [-0.2, -0.15) is 0 Å². The quantitative estimate of drug-likeness (QED) is 0.781. The maximum atomic E-state index is 12.0. The highest BCUT2D eigenvalue weighted by atomic mass is 16.6. The summed E-state index contributed by atoms with van der Waals surface area (Å²) in [7, 11) is 0. The van der Waals surface area contributed by atoms with E-state index < -0.39 is 11.6 Å². The second-order valence-electron chi connectivity index (χ2n) is 6.45. The Hall–Kier alpha value is -1.79. The molecule has 0 unspecified atom stereocenters. The molecule has 1 N–H and O–H groups in total. The molecule has 1 aliphatic rings. The minimum absolute atomic E-state index is 0.0224. The Balaban J connectivity index is 2.28. The first-order chi connectivity index (χ1) is 10.2. The van der Waals surface area contributed by atoms with Gasteiger partial charge in [-0.15, -0.1) is 0 Å². The van der Waals surface area contributed by atoms with Gasteiger partial charge in [0.2, 0.25) is 5.91 Å². The van der Waals surface area contributed by atoms with Crippen LogP contribution in [0, 0.1) is 0 Å². The first-order valence-electron chi connectivity index (χ1n) is 7.66.